The highest BCUT2D eigenvalue weighted by Gasteiger charge is 2.45. The zero-order valence-electron chi connectivity index (χ0n) is 16.7. The third-order valence-electron chi connectivity index (χ3n) is 6.39. The second-order valence-electron chi connectivity index (χ2n) is 8.21. The third kappa shape index (κ3) is 4.33. The number of hydrogen-bond donors (Lipinski definition) is 1. The summed E-state index contributed by atoms with van der Waals surface area (Å²) in [6, 6.07) is 11.1. The van der Waals surface area contributed by atoms with E-state index in [0.717, 1.165) is 31.2 Å². The van der Waals surface area contributed by atoms with Crippen LogP contribution in [-0.4, -0.2) is 34.8 Å². The van der Waals surface area contributed by atoms with Gasteiger partial charge in [0.25, 0.3) is 0 Å². The maximum absolute atomic E-state index is 13.6. The molecule has 0 bridgehead atoms. The van der Waals surface area contributed by atoms with E-state index in [1.165, 1.54) is 6.20 Å². The number of nitrogens with zero attached hydrogens (tertiary/aromatic N) is 2. The van der Waals surface area contributed by atoms with Crippen molar-refractivity contribution < 1.29 is 9.59 Å². The van der Waals surface area contributed by atoms with Crippen LogP contribution in [0.3, 0.4) is 0 Å². The largest absolute Gasteiger partial charge is 0.342 e. The Morgan fingerprint density at radius 3 is 2.20 bits per heavy atom. The first kappa shape index (κ1) is 21.1. The normalized spacial score (nSPS) is 18.9. The maximum atomic E-state index is 13.6. The van der Waals surface area contributed by atoms with Gasteiger partial charge in [-0.2, -0.15) is 0 Å². The number of nitrogens with one attached hydrogen (secondary N) is 1. The highest BCUT2D eigenvalue weighted by molar-refractivity contribution is 6.30. The number of amides is 2. The van der Waals surface area contributed by atoms with Gasteiger partial charge in [0.2, 0.25) is 11.8 Å². The molecule has 1 aromatic carbocycles. The molecular weight excluding hydrogens is 421 g/mol. The number of benzene rings is 1. The third-order valence-corrected chi connectivity index (χ3v) is 6.87. The average molecular weight is 446 g/mol. The Morgan fingerprint density at radius 2 is 1.60 bits per heavy atom. The van der Waals surface area contributed by atoms with Crippen LogP contribution in [0.1, 0.15) is 44.1 Å². The molecule has 7 heteroatoms. The van der Waals surface area contributed by atoms with Crippen molar-refractivity contribution in [2.24, 2.45) is 5.92 Å². The second kappa shape index (κ2) is 8.94. The molecule has 0 unspecified atom stereocenters. The van der Waals surface area contributed by atoms with E-state index in [1.54, 1.807) is 12.1 Å². The van der Waals surface area contributed by atoms with Gasteiger partial charge in [-0.15, -0.1) is 0 Å². The molecular formula is C23H25Cl2N3O2. The maximum Gasteiger partial charge on any atom is 0.233 e. The predicted molar refractivity (Wildman–Crippen MR) is 119 cm³/mol. The molecule has 0 radical (unpaired) electrons. The van der Waals surface area contributed by atoms with Gasteiger partial charge in [0.15, 0.2) is 0 Å². The van der Waals surface area contributed by atoms with Crippen molar-refractivity contribution in [3.8, 4) is 0 Å². The minimum absolute atomic E-state index is 0.0507. The summed E-state index contributed by atoms with van der Waals surface area (Å²) in [6.07, 6.45) is 6.68. The van der Waals surface area contributed by atoms with Crippen LogP contribution in [0.5, 0.6) is 0 Å². The average Bonchev–Trinajstić information content (AvgIpc) is 3.26. The minimum atomic E-state index is -0.451. The van der Waals surface area contributed by atoms with Crippen molar-refractivity contribution in [2.45, 2.75) is 43.9 Å². The summed E-state index contributed by atoms with van der Waals surface area (Å²) in [5.74, 6) is 0.517. The van der Waals surface area contributed by atoms with E-state index in [0.29, 0.717) is 41.8 Å². The molecule has 0 atom stereocenters. The van der Waals surface area contributed by atoms with Crippen molar-refractivity contribution in [3.05, 3.63) is 58.2 Å². The molecule has 1 N–H and O–H groups in total. The Morgan fingerprint density at radius 1 is 0.967 bits per heavy atom. The Balaban J connectivity index is 1.40. The lowest BCUT2D eigenvalue weighted by atomic mass is 9.77. The van der Waals surface area contributed by atoms with E-state index in [4.69, 9.17) is 23.2 Å². The molecule has 1 aliphatic heterocycles. The van der Waals surface area contributed by atoms with E-state index in [2.05, 4.69) is 10.3 Å². The summed E-state index contributed by atoms with van der Waals surface area (Å²) in [4.78, 5) is 32.2. The number of likely N-dealkylation sites (tertiary alicyclic amines) is 1. The number of carbonyl (C=O) groups excluding carboxylic acids is 2. The lowest BCUT2D eigenvalue weighted by molar-refractivity contribution is -0.140. The lowest BCUT2D eigenvalue weighted by Crippen LogP contribution is -2.49. The summed E-state index contributed by atoms with van der Waals surface area (Å²) in [7, 11) is 0. The zero-order chi connectivity index (χ0) is 21.1. The SMILES string of the molecule is O=C(Nc1ccc(Cl)cn1)C1CCN(C(=O)C2(c3ccc(Cl)cc3)CCCC2)CC1. The van der Waals surface area contributed by atoms with Crippen LogP contribution < -0.4 is 5.32 Å². The monoisotopic (exact) mass is 445 g/mol. The molecule has 0 spiro atoms. The minimum Gasteiger partial charge on any atom is -0.342 e. The fourth-order valence-corrected chi connectivity index (χ4v) is 4.94. The van der Waals surface area contributed by atoms with Crippen molar-refractivity contribution in [1.29, 1.82) is 0 Å². The molecule has 2 aromatic rings. The number of carbonyl (C=O) groups is 2. The molecule has 1 aromatic heterocycles. The number of halogens is 2. The van der Waals surface area contributed by atoms with Gasteiger partial charge in [-0.05, 0) is 55.5 Å². The van der Waals surface area contributed by atoms with Gasteiger partial charge in [-0.1, -0.05) is 48.2 Å². The molecule has 2 amide bonds. The van der Waals surface area contributed by atoms with E-state index in [-0.39, 0.29) is 17.7 Å². The van der Waals surface area contributed by atoms with Gasteiger partial charge in [-0.25, -0.2) is 4.98 Å². The van der Waals surface area contributed by atoms with Crippen molar-refractivity contribution in [3.63, 3.8) is 0 Å². The molecule has 5 nitrogen and oxygen atoms in total. The predicted octanol–water partition coefficient (Wildman–Crippen LogP) is 5.08. The molecule has 1 saturated carbocycles. The van der Waals surface area contributed by atoms with Crippen LogP contribution in [0.4, 0.5) is 5.82 Å². The van der Waals surface area contributed by atoms with Crippen LogP contribution in [0.2, 0.25) is 10.0 Å². The summed E-state index contributed by atoms with van der Waals surface area (Å²) >= 11 is 11.9. The first-order valence-corrected chi connectivity index (χ1v) is 11.2. The smallest absolute Gasteiger partial charge is 0.233 e. The highest BCUT2D eigenvalue weighted by Crippen LogP contribution is 2.43. The summed E-state index contributed by atoms with van der Waals surface area (Å²) in [5.41, 5.74) is 0.607. The molecule has 30 heavy (non-hydrogen) atoms. The van der Waals surface area contributed by atoms with Crippen LogP contribution >= 0.6 is 23.2 Å². The quantitative estimate of drug-likeness (QED) is 0.713. The number of aromatic nitrogens is 1. The Kier molecular flexibility index (Phi) is 6.30. The number of piperidine rings is 1. The van der Waals surface area contributed by atoms with Gasteiger partial charge in [0, 0.05) is 30.2 Å². The molecule has 1 aliphatic carbocycles. The van der Waals surface area contributed by atoms with Crippen LogP contribution in [0, 0.1) is 5.92 Å². The van der Waals surface area contributed by atoms with Crippen LogP contribution in [0.25, 0.3) is 0 Å². The van der Waals surface area contributed by atoms with Gasteiger partial charge in [0.1, 0.15) is 5.82 Å². The highest BCUT2D eigenvalue weighted by atomic mass is 35.5. The molecule has 2 fully saturated rings. The van der Waals surface area contributed by atoms with Gasteiger partial charge >= 0.3 is 0 Å². The summed E-state index contributed by atoms with van der Waals surface area (Å²) < 4.78 is 0. The fourth-order valence-electron chi connectivity index (χ4n) is 4.70. The van der Waals surface area contributed by atoms with E-state index < -0.39 is 5.41 Å². The first-order valence-electron chi connectivity index (χ1n) is 10.5. The fraction of sp³-hybridized carbons (Fsp3) is 0.435. The Hall–Kier alpha value is -2.11. The Labute approximate surface area is 186 Å². The molecule has 4 rings (SSSR count). The lowest BCUT2D eigenvalue weighted by Gasteiger charge is -2.38. The van der Waals surface area contributed by atoms with Crippen LogP contribution in [0.15, 0.2) is 42.6 Å². The summed E-state index contributed by atoms with van der Waals surface area (Å²) in [5, 5.41) is 4.06. The Bertz CT molecular complexity index is 901. The molecule has 2 heterocycles. The van der Waals surface area contributed by atoms with Crippen molar-refractivity contribution in [1.82, 2.24) is 9.88 Å². The summed E-state index contributed by atoms with van der Waals surface area (Å²) in [6.45, 7) is 1.20. The standard InChI is InChI=1S/C23H25Cl2N3O2/c24-18-5-3-17(4-6-18)23(11-1-2-12-23)22(30)28-13-9-16(10-14-28)21(29)27-20-8-7-19(25)15-26-20/h3-8,15-16H,1-2,9-14H2,(H,26,27,29). The second-order valence-corrected chi connectivity index (χ2v) is 9.09. The molecule has 158 valence electrons. The van der Waals surface area contributed by atoms with Gasteiger partial charge < -0.3 is 10.2 Å². The van der Waals surface area contributed by atoms with E-state index >= 15 is 0 Å². The zero-order valence-corrected chi connectivity index (χ0v) is 18.3. The molecule has 2 aliphatic rings. The van der Waals surface area contributed by atoms with Gasteiger partial charge in [0.05, 0.1) is 10.4 Å². The van der Waals surface area contributed by atoms with Crippen molar-refractivity contribution >= 4 is 40.8 Å². The van der Waals surface area contributed by atoms with Gasteiger partial charge in [-0.3, -0.25) is 9.59 Å². The number of hydrogen-bond acceptors (Lipinski definition) is 3. The topological polar surface area (TPSA) is 62.3 Å². The van der Waals surface area contributed by atoms with Crippen LogP contribution in [-0.2, 0) is 15.0 Å². The number of anilines is 1. The number of rotatable bonds is 4. The van der Waals surface area contributed by atoms with E-state index in [9.17, 15) is 9.59 Å². The number of pyridine rings is 1. The first-order chi connectivity index (χ1) is 14.5. The van der Waals surface area contributed by atoms with Crippen molar-refractivity contribution in [2.75, 3.05) is 18.4 Å². The van der Waals surface area contributed by atoms with E-state index in [1.807, 2.05) is 29.2 Å². The molecule has 1 saturated heterocycles.